The number of anilines is 1. The van der Waals surface area contributed by atoms with Gasteiger partial charge in [0.1, 0.15) is 16.9 Å². The molecule has 156 valence electrons. The monoisotopic (exact) mass is 435 g/mol. The predicted octanol–water partition coefficient (Wildman–Crippen LogP) is 4.20. The Morgan fingerprint density at radius 2 is 2.07 bits per heavy atom. The maximum Gasteiger partial charge on any atom is 0.410 e. The van der Waals surface area contributed by atoms with Gasteiger partial charge in [0.05, 0.1) is 18.7 Å². The van der Waals surface area contributed by atoms with Crippen LogP contribution in [0.3, 0.4) is 0 Å². The van der Waals surface area contributed by atoms with Crippen molar-refractivity contribution in [2.75, 3.05) is 18.5 Å². The number of nitrogens with one attached hydrogen (secondary N) is 1. The zero-order valence-electron chi connectivity index (χ0n) is 15.8. The largest absolute Gasteiger partial charge is 0.450 e. The van der Waals surface area contributed by atoms with E-state index in [0.717, 1.165) is 40.0 Å². The van der Waals surface area contributed by atoms with E-state index < -0.39 is 35.0 Å². The number of hydrogen-bond acceptors (Lipinski definition) is 5. The SMILES string of the molecule is CCOC(=O)N1CCc2c(sc(NC(=O)C=Cc3c(F)ccc(F)c3F)c2C#N)C1. The molecule has 2 amide bonds. The summed E-state index contributed by atoms with van der Waals surface area (Å²) in [6.45, 7) is 2.58. The van der Waals surface area contributed by atoms with Gasteiger partial charge in [-0.25, -0.2) is 18.0 Å². The minimum absolute atomic E-state index is 0.246. The molecule has 3 rings (SSSR count). The second-order valence-electron chi connectivity index (χ2n) is 6.27. The van der Waals surface area contributed by atoms with Crippen LogP contribution in [0, 0.1) is 28.8 Å². The topological polar surface area (TPSA) is 82.4 Å². The van der Waals surface area contributed by atoms with Gasteiger partial charge < -0.3 is 15.0 Å². The van der Waals surface area contributed by atoms with Gasteiger partial charge in [0.25, 0.3) is 0 Å². The number of nitrogens with zero attached hydrogens (tertiary/aromatic N) is 2. The number of nitriles is 1. The lowest BCUT2D eigenvalue weighted by Gasteiger charge is -2.25. The fraction of sp³-hybridized carbons (Fsp3) is 0.250. The van der Waals surface area contributed by atoms with Crippen LogP contribution in [-0.2, 0) is 22.5 Å². The molecule has 0 atom stereocenters. The van der Waals surface area contributed by atoms with Crippen molar-refractivity contribution in [2.45, 2.75) is 19.9 Å². The molecule has 0 aliphatic carbocycles. The second-order valence-corrected chi connectivity index (χ2v) is 7.37. The molecule has 0 spiro atoms. The minimum atomic E-state index is -1.40. The molecule has 1 N–H and O–H groups in total. The Hall–Kier alpha value is -3.32. The minimum Gasteiger partial charge on any atom is -0.450 e. The first-order valence-corrected chi connectivity index (χ1v) is 9.76. The van der Waals surface area contributed by atoms with Crippen LogP contribution in [-0.4, -0.2) is 30.1 Å². The molecule has 0 bridgehead atoms. The zero-order chi connectivity index (χ0) is 21.8. The normalized spacial score (nSPS) is 13.1. The third-order valence-electron chi connectivity index (χ3n) is 4.41. The Morgan fingerprint density at radius 1 is 1.33 bits per heavy atom. The molecular weight excluding hydrogens is 419 g/mol. The fourth-order valence-corrected chi connectivity index (χ4v) is 4.21. The number of amides is 2. The summed E-state index contributed by atoms with van der Waals surface area (Å²) in [4.78, 5) is 26.4. The van der Waals surface area contributed by atoms with Crippen molar-refractivity contribution in [3.05, 3.63) is 57.2 Å². The van der Waals surface area contributed by atoms with Gasteiger partial charge in [0, 0.05) is 23.1 Å². The van der Waals surface area contributed by atoms with Gasteiger partial charge >= 0.3 is 6.09 Å². The maximum atomic E-state index is 13.7. The third-order valence-corrected chi connectivity index (χ3v) is 5.54. The van der Waals surface area contributed by atoms with Crippen molar-refractivity contribution in [1.82, 2.24) is 4.90 Å². The molecule has 6 nitrogen and oxygen atoms in total. The highest BCUT2D eigenvalue weighted by Crippen LogP contribution is 2.36. The molecule has 1 aliphatic heterocycles. The number of benzene rings is 1. The van der Waals surface area contributed by atoms with Crippen LogP contribution in [0.25, 0.3) is 6.08 Å². The standard InChI is InChI=1S/C20H16F3N3O3S/c1-2-29-20(28)26-8-7-11-13(9-24)19(30-16(11)10-26)25-17(27)6-3-12-14(21)4-5-15(22)18(12)23/h3-6H,2,7-8,10H2,1H3,(H,25,27). The summed E-state index contributed by atoms with van der Waals surface area (Å²) in [6, 6.07) is 3.45. The predicted molar refractivity (Wildman–Crippen MR) is 104 cm³/mol. The number of hydrogen-bond donors (Lipinski definition) is 1. The van der Waals surface area contributed by atoms with Gasteiger partial charge in [-0.05, 0) is 37.1 Å². The lowest BCUT2D eigenvalue weighted by molar-refractivity contribution is -0.111. The summed E-state index contributed by atoms with van der Waals surface area (Å²) in [5.41, 5.74) is 0.342. The van der Waals surface area contributed by atoms with Crippen LogP contribution in [0.15, 0.2) is 18.2 Å². The van der Waals surface area contributed by atoms with Crippen LogP contribution in [0.2, 0.25) is 0 Å². The number of ether oxygens (including phenoxy) is 1. The van der Waals surface area contributed by atoms with E-state index in [0.29, 0.717) is 19.0 Å². The first-order chi connectivity index (χ1) is 14.3. The van der Waals surface area contributed by atoms with Crippen molar-refractivity contribution in [1.29, 1.82) is 5.26 Å². The van der Waals surface area contributed by atoms with E-state index in [1.165, 1.54) is 4.90 Å². The Morgan fingerprint density at radius 3 is 2.77 bits per heavy atom. The lowest BCUT2D eigenvalue weighted by atomic mass is 10.0. The molecule has 0 radical (unpaired) electrons. The Kier molecular flexibility index (Phi) is 6.42. The maximum absolute atomic E-state index is 13.7. The van der Waals surface area contributed by atoms with E-state index in [1.807, 2.05) is 6.07 Å². The average Bonchev–Trinajstić information content (AvgIpc) is 3.06. The highest BCUT2D eigenvalue weighted by atomic mass is 32.1. The molecule has 10 heteroatoms. The molecular formula is C20H16F3N3O3S. The number of carbonyl (C=O) groups is 2. The molecule has 0 saturated heterocycles. The van der Waals surface area contributed by atoms with Crippen molar-refractivity contribution >= 4 is 34.4 Å². The van der Waals surface area contributed by atoms with Gasteiger partial charge in [-0.2, -0.15) is 5.26 Å². The van der Waals surface area contributed by atoms with E-state index in [2.05, 4.69) is 5.32 Å². The van der Waals surface area contributed by atoms with E-state index in [-0.39, 0.29) is 23.7 Å². The number of halogens is 3. The van der Waals surface area contributed by atoms with E-state index in [9.17, 15) is 28.0 Å². The second kappa shape index (κ2) is 9.00. The molecule has 0 unspecified atom stereocenters. The highest BCUT2D eigenvalue weighted by molar-refractivity contribution is 7.16. The number of fused-ring (bicyclic) bond motifs is 1. The molecule has 0 saturated carbocycles. The lowest BCUT2D eigenvalue weighted by Crippen LogP contribution is -2.35. The van der Waals surface area contributed by atoms with Crippen molar-refractivity contribution < 1.29 is 27.5 Å². The smallest absolute Gasteiger partial charge is 0.410 e. The Labute approximate surface area is 174 Å². The van der Waals surface area contributed by atoms with Gasteiger partial charge in [0.15, 0.2) is 11.6 Å². The molecule has 1 aromatic heterocycles. The van der Waals surface area contributed by atoms with E-state index in [1.54, 1.807) is 6.92 Å². The van der Waals surface area contributed by atoms with Crippen LogP contribution in [0.5, 0.6) is 0 Å². The molecule has 2 heterocycles. The van der Waals surface area contributed by atoms with Crippen LogP contribution >= 0.6 is 11.3 Å². The summed E-state index contributed by atoms with van der Waals surface area (Å²) in [5.74, 6) is -4.39. The number of thiophene rings is 1. The molecule has 1 aromatic carbocycles. The molecule has 1 aliphatic rings. The summed E-state index contributed by atoms with van der Waals surface area (Å²) in [5, 5.41) is 12.3. The van der Waals surface area contributed by atoms with Gasteiger partial charge in [-0.15, -0.1) is 11.3 Å². The van der Waals surface area contributed by atoms with Crippen LogP contribution in [0.1, 0.15) is 28.5 Å². The summed E-state index contributed by atoms with van der Waals surface area (Å²) < 4.78 is 45.6. The summed E-state index contributed by atoms with van der Waals surface area (Å²) in [6.07, 6.45) is 1.65. The fourth-order valence-electron chi connectivity index (χ4n) is 2.99. The quantitative estimate of drug-likeness (QED) is 0.576. The van der Waals surface area contributed by atoms with E-state index in [4.69, 9.17) is 4.74 Å². The molecule has 30 heavy (non-hydrogen) atoms. The first kappa shape index (κ1) is 21.4. The van der Waals surface area contributed by atoms with Crippen molar-refractivity contribution in [3.63, 3.8) is 0 Å². The Bertz CT molecular complexity index is 1080. The number of rotatable bonds is 4. The van der Waals surface area contributed by atoms with Gasteiger partial charge in [-0.3, -0.25) is 4.79 Å². The van der Waals surface area contributed by atoms with E-state index >= 15 is 0 Å². The van der Waals surface area contributed by atoms with Gasteiger partial charge in [-0.1, -0.05) is 0 Å². The van der Waals surface area contributed by atoms with Crippen molar-refractivity contribution in [3.8, 4) is 6.07 Å². The van der Waals surface area contributed by atoms with Gasteiger partial charge in [0.2, 0.25) is 5.91 Å². The third kappa shape index (κ3) is 4.31. The van der Waals surface area contributed by atoms with Crippen LogP contribution in [0.4, 0.5) is 23.0 Å². The molecule has 2 aromatic rings. The summed E-state index contributed by atoms with van der Waals surface area (Å²) in [7, 11) is 0. The Balaban J connectivity index is 1.78. The van der Waals surface area contributed by atoms with Crippen LogP contribution < -0.4 is 5.32 Å². The summed E-state index contributed by atoms with van der Waals surface area (Å²) >= 11 is 1.14. The van der Waals surface area contributed by atoms with Crippen molar-refractivity contribution in [2.24, 2.45) is 0 Å². The average molecular weight is 435 g/mol. The molecule has 0 fully saturated rings. The number of carbonyl (C=O) groups excluding carboxylic acids is 2. The highest BCUT2D eigenvalue weighted by Gasteiger charge is 2.28. The zero-order valence-corrected chi connectivity index (χ0v) is 16.6. The first-order valence-electron chi connectivity index (χ1n) is 8.94.